The van der Waals surface area contributed by atoms with Gasteiger partial charge in [-0.15, -0.1) is 0 Å². The fourth-order valence-corrected chi connectivity index (χ4v) is 8.46. The number of hydrogen-bond acceptors (Lipinski definition) is 4. The fraction of sp³-hybridized carbons (Fsp3) is 0.750. The van der Waals surface area contributed by atoms with E-state index in [0.29, 0.717) is 4.91 Å². The lowest BCUT2D eigenvalue weighted by molar-refractivity contribution is 0.218. The highest BCUT2D eigenvalue weighted by Crippen LogP contribution is 2.56. The van der Waals surface area contributed by atoms with Gasteiger partial charge in [-0.1, -0.05) is 30.2 Å². The van der Waals surface area contributed by atoms with E-state index in [9.17, 15) is 8.42 Å². The Morgan fingerprint density at radius 2 is 1.43 bits per heavy atom. The first-order chi connectivity index (χ1) is 10.2. The lowest BCUT2D eigenvalue weighted by Gasteiger charge is -2.26. The smallest absolute Gasteiger partial charge is 0.198 e. The average Bonchev–Trinajstić information content (AvgIpc) is 3.04. The summed E-state index contributed by atoms with van der Waals surface area (Å²) >= 11 is 1.52. The third-order valence-corrected chi connectivity index (χ3v) is 9.29. The maximum atomic E-state index is 12.9. The summed E-state index contributed by atoms with van der Waals surface area (Å²) in [6.45, 7) is 0. The second-order valence-electron chi connectivity index (χ2n) is 6.52. The number of thioether (sulfide) groups is 1. The van der Waals surface area contributed by atoms with E-state index >= 15 is 0 Å². The van der Waals surface area contributed by atoms with Crippen molar-refractivity contribution in [3.05, 3.63) is 21.8 Å². The minimum absolute atomic E-state index is 0.238. The Hall–Kier alpha value is -0.420. The normalized spacial score (nSPS) is 35.2. The van der Waals surface area contributed by atoms with E-state index in [1.54, 1.807) is 0 Å². The number of fused-ring (bicyclic) bond motifs is 2. The van der Waals surface area contributed by atoms with Gasteiger partial charge in [-0.2, -0.15) is 0 Å². The Labute approximate surface area is 131 Å². The molecule has 0 N–H and O–H groups in total. The van der Waals surface area contributed by atoms with Gasteiger partial charge in [-0.25, -0.2) is 8.42 Å². The minimum Gasteiger partial charge on any atom is -0.476 e. The highest BCUT2D eigenvalue weighted by molar-refractivity contribution is 8.19. The van der Waals surface area contributed by atoms with Crippen LogP contribution in [0.3, 0.4) is 0 Å². The van der Waals surface area contributed by atoms with Crippen molar-refractivity contribution >= 4 is 21.6 Å². The minimum atomic E-state index is -3.17. The summed E-state index contributed by atoms with van der Waals surface area (Å²) in [6.07, 6.45) is 11.1. The maximum Gasteiger partial charge on any atom is 0.198 e. The van der Waals surface area contributed by atoms with E-state index in [0.717, 1.165) is 49.9 Å². The van der Waals surface area contributed by atoms with Crippen LogP contribution in [-0.2, 0) is 14.6 Å². The first-order valence-electron chi connectivity index (χ1n) is 8.18. The summed E-state index contributed by atoms with van der Waals surface area (Å²) in [5.74, 6) is 0.810. The summed E-state index contributed by atoms with van der Waals surface area (Å²) in [5.41, 5.74) is 2.20. The summed E-state index contributed by atoms with van der Waals surface area (Å²) in [4.78, 5) is 0.650. The summed E-state index contributed by atoms with van der Waals surface area (Å²) in [7, 11) is -3.17. The molecule has 0 amide bonds. The van der Waals surface area contributed by atoms with Gasteiger partial charge in [0.1, 0.15) is 5.76 Å². The van der Waals surface area contributed by atoms with Crippen LogP contribution < -0.4 is 0 Å². The molecular formula is C16H22O3S2. The molecule has 0 unspecified atom stereocenters. The molecule has 2 heterocycles. The zero-order valence-electron chi connectivity index (χ0n) is 12.3. The number of rotatable bonds is 0. The van der Waals surface area contributed by atoms with Crippen molar-refractivity contribution in [3.63, 3.8) is 0 Å². The van der Waals surface area contributed by atoms with Gasteiger partial charge in [0.15, 0.2) is 19.9 Å². The lowest BCUT2D eigenvalue weighted by Crippen LogP contribution is -2.26. The predicted molar refractivity (Wildman–Crippen MR) is 85.4 cm³/mol. The molecule has 0 aromatic carbocycles. The number of allylic oxidation sites excluding steroid dienone is 2. The van der Waals surface area contributed by atoms with Crippen LogP contribution in [0.15, 0.2) is 21.8 Å². The van der Waals surface area contributed by atoms with Crippen molar-refractivity contribution in [1.82, 2.24) is 0 Å². The van der Waals surface area contributed by atoms with Crippen molar-refractivity contribution in [3.8, 4) is 0 Å². The molecule has 4 rings (SSSR count). The molecule has 2 saturated carbocycles. The lowest BCUT2D eigenvalue weighted by atomic mass is 9.94. The van der Waals surface area contributed by atoms with Gasteiger partial charge in [0.05, 0.1) is 4.91 Å². The van der Waals surface area contributed by atoms with Gasteiger partial charge < -0.3 is 4.74 Å². The molecule has 3 nitrogen and oxygen atoms in total. The molecule has 0 spiro atoms. The van der Waals surface area contributed by atoms with Crippen LogP contribution in [-0.4, -0.2) is 18.4 Å². The first-order valence-corrected chi connectivity index (χ1v) is 10.7. The SMILES string of the molecule is O=S1(=O)C(=C2CCCCC2)[C@@H]2OC(=C3CCCCC3)[C@H]1S2. The van der Waals surface area contributed by atoms with Crippen LogP contribution in [0.4, 0.5) is 0 Å². The largest absolute Gasteiger partial charge is 0.476 e. The zero-order chi connectivity index (χ0) is 14.4. The van der Waals surface area contributed by atoms with Crippen LogP contribution in [0.1, 0.15) is 64.2 Å². The zero-order valence-corrected chi connectivity index (χ0v) is 13.9. The second kappa shape index (κ2) is 5.34. The molecule has 5 heteroatoms. The molecule has 21 heavy (non-hydrogen) atoms. The van der Waals surface area contributed by atoms with Crippen LogP contribution in [0, 0.1) is 0 Å². The molecule has 2 aliphatic carbocycles. The van der Waals surface area contributed by atoms with E-state index in [-0.39, 0.29) is 5.44 Å². The van der Waals surface area contributed by atoms with Crippen molar-refractivity contribution in [2.45, 2.75) is 74.2 Å². The second-order valence-corrected chi connectivity index (χ2v) is 9.99. The molecule has 2 atom stereocenters. The first kappa shape index (κ1) is 14.2. The molecule has 0 aromatic rings. The van der Waals surface area contributed by atoms with Gasteiger partial charge in [0, 0.05) is 0 Å². The Bertz CT molecular complexity index is 599. The van der Waals surface area contributed by atoms with Gasteiger partial charge in [-0.05, 0) is 56.9 Å². The quantitative estimate of drug-likeness (QED) is 0.667. The van der Waals surface area contributed by atoms with E-state index in [4.69, 9.17) is 4.74 Å². The Morgan fingerprint density at radius 1 is 0.857 bits per heavy atom. The van der Waals surface area contributed by atoms with Gasteiger partial charge in [0.25, 0.3) is 0 Å². The van der Waals surface area contributed by atoms with E-state index in [2.05, 4.69) is 0 Å². The highest BCUT2D eigenvalue weighted by atomic mass is 32.3. The van der Waals surface area contributed by atoms with Gasteiger partial charge in [-0.3, -0.25) is 0 Å². The molecule has 116 valence electrons. The van der Waals surface area contributed by atoms with Crippen LogP contribution in [0.25, 0.3) is 0 Å². The molecule has 4 aliphatic rings. The van der Waals surface area contributed by atoms with Crippen molar-refractivity contribution in [2.75, 3.05) is 0 Å². The molecule has 2 bridgehead atoms. The average molecular weight is 326 g/mol. The van der Waals surface area contributed by atoms with Crippen molar-refractivity contribution in [1.29, 1.82) is 0 Å². The third kappa shape index (κ3) is 2.27. The Balaban J connectivity index is 1.71. The molecule has 0 radical (unpaired) electrons. The van der Waals surface area contributed by atoms with Crippen molar-refractivity contribution < 1.29 is 13.2 Å². The molecular weight excluding hydrogens is 304 g/mol. The maximum absolute atomic E-state index is 12.9. The Kier molecular flexibility index (Phi) is 3.61. The highest BCUT2D eigenvalue weighted by Gasteiger charge is 2.56. The topological polar surface area (TPSA) is 43.4 Å². The van der Waals surface area contributed by atoms with E-state index in [1.807, 2.05) is 0 Å². The van der Waals surface area contributed by atoms with Crippen LogP contribution in [0.5, 0.6) is 0 Å². The number of hydrogen-bond donors (Lipinski definition) is 0. The Morgan fingerprint density at radius 3 is 2.00 bits per heavy atom. The van der Waals surface area contributed by atoms with Crippen molar-refractivity contribution in [2.24, 2.45) is 0 Å². The van der Waals surface area contributed by atoms with Gasteiger partial charge >= 0.3 is 0 Å². The molecule has 2 aliphatic heterocycles. The fourth-order valence-electron chi connectivity index (χ4n) is 4.02. The predicted octanol–water partition coefficient (Wildman–Crippen LogP) is 4.27. The number of ether oxygens (including phenoxy) is 1. The van der Waals surface area contributed by atoms with E-state index in [1.165, 1.54) is 43.0 Å². The summed E-state index contributed by atoms with van der Waals surface area (Å²) < 4.78 is 31.5. The van der Waals surface area contributed by atoms with Crippen LogP contribution >= 0.6 is 11.8 Å². The van der Waals surface area contributed by atoms with Gasteiger partial charge in [0.2, 0.25) is 0 Å². The molecule has 2 saturated heterocycles. The monoisotopic (exact) mass is 326 g/mol. The third-order valence-electron chi connectivity index (χ3n) is 5.11. The molecule has 0 aromatic heterocycles. The number of sulfone groups is 1. The summed E-state index contributed by atoms with van der Waals surface area (Å²) in [6, 6.07) is 0. The summed E-state index contributed by atoms with van der Waals surface area (Å²) in [5, 5.41) is 0. The molecule has 4 fully saturated rings. The standard InChI is InChI=1S/C16H22O3S2/c17-21(18)14(12-9-5-2-6-10-12)15-19-13(16(21)20-15)11-7-3-1-4-8-11/h15-16H,1-10H2/t15-,16+/m1/s1. The van der Waals surface area contributed by atoms with Crippen LogP contribution in [0.2, 0.25) is 0 Å². The van der Waals surface area contributed by atoms with E-state index < -0.39 is 14.4 Å².